The van der Waals surface area contributed by atoms with Crippen LogP contribution in [0.5, 0.6) is 0 Å². The average molecular weight is 268 g/mol. The average Bonchev–Trinajstić information content (AvgIpc) is 3.23. The molecule has 1 saturated carbocycles. The van der Waals surface area contributed by atoms with Gasteiger partial charge in [-0.3, -0.25) is 4.90 Å². The van der Waals surface area contributed by atoms with Crippen LogP contribution >= 0.6 is 11.8 Å². The van der Waals surface area contributed by atoms with E-state index in [9.17, 15) is 0 Å². The van der Waals surface area contributed by atoms with E-state index < -0.39 is 0 Å². The van der Waals surface area contributed by atoms with Crippen LogP contribution in [-0.4, -0.2) is 47.6 Å². The van der Waals surface area contributed by atoms with Gasteiger partial charge in [0.2, 0.25) is 0 Å². The Morgan fingerprint density at radius 3 is 2.56 bits per heavy atom. The summed E-state index contributed by atoms with van der Waals surface area (Å²) in [5, 5.41) is 4.36. The molecule has 2 heterocycles. The number of thioether (sulfide) groups is 1. The van der Waals surface area contributed by atoms with Crippen molar-refractivity contribution >= 4 is 11.8 Å². The molecular weight excluding hydrogens is 240 g/mol. The van der Waals surface area contributed by atoms with E-state index in [-0.39, 0.29) is 0 Å². The molecule has 0 bridgehead atoms. The number of hydrogen-bond acceptors (Lipinski definition) is 3. The minimum Gasteiger partial charge on any atom is -0.317 e. The lowest BCUT2D eigenvalue weighted by Gasteiger charge is -2.41. The summed E-state index contributed by atoms with van der Waals surface area (Å²) in [7, 11) is 0. The summed E-state index contributed by atoms with van der Waals surface area (Å²) in [5.74, 6) is 2.36. The molecule has 0 radical (unpaired) electrons. The van der Waals surface area contributed by atoms with Crippen LogP contribution in [-0.2, 0) is 0 Å². The van der Waals surface area contributed by atoms with E-state index in [1.165, 1.54) is 63.9 Å². The van der Waals surface area contributed by atoms with E-state index in [2.05, 4.69) is 28.9 Å². The molecule has 1 N–H and O–H groups in total. The summed E-state index contributed by atoms with van der Waals surface area (Å²) >= 11 is 2.21. The highest BCUT2D eigenvalue weighted by Crippen LogP contribution is 2.37. The third-order valence-corrected chi connectivity index (χ3v) is 6.30. The largest absolute Gasteiger partial charge is 0.317 e. The topological polar surface area (TPSA) is 15.3 Å². The minimum absolute atomic E-state index is 0.862. The minimum atomic E-state index is 0.862. The molecule has 0 amide bonds. The molecule has 0 aromatic heterocycles. The van der Waals surface area contributed by atoms with Gasteiger partial charge in [0.15, 0.2) is 0 Å². The summed E-state index contributed by atoms with van der Waals surface area (Å²) in [6.07, 6.45) is 8.64. The van der Waals surface area contributed by atoms with Crippen molar-refractivity contribution in [2.75, 3.05) is 25.4 Å². The van der Waals surface area contributed by atoms with Crippen LogP contribution in [0.15, 0.2) is 0 Å². The lowest BCUT2D eigenvalue weighted by atomic mass is 9.95. The van der Waals surface area contributed by atoms with Gasteiger partial charge in [-0.2, -0.15) is 11.8 Å². The van der Waals surface area contributed by atoms with Crippen LogP contribution in [0.4, 0.5) is 0 Å². The number of rotatable bonds is 4. The highest BCUT2D eigenvalue weighted by atomic mass is 32.2. The molecular formula is C15H28N2S. The molecule has 2 aliphatic heterocycles. The van der Waals surface area contributed by atoms with Gasteiger partial charge < -0.3 is 5.32 Å². The van der Waals surface area contributed by atoms with Gasteiger partial charge >= 0.3 is 0 Å². The smallest absolute Gasteiger partial charge is 0.0215 e. The summed E-state index contributed by atoms with van der Waals surface area (Å²) in [6, 6.07) is 1.83. The molecule has 0 aromatic carbocycles. The fraction of sp³-hybridized carbons (Fsp3) is 1.00. The van der Waals surface area contributed by atoms with Crippen molar-refractivity contribution in [1.82, 2.24) is 10.2 Å². The monoisotopic (exact) mass is 268 g/mol. The lowest BCUT2D eigenvalue weighted by Crippen LogP contribution is -2.47. The van der Waals surface area contributed by atoms with E-state index in [0.717, 1.165) is 23.3 Å². The van der Waals surface area contributed by atoms with Crippen molar-refractivity contribution in [3.63, 3.8) is 0 Å². The molecule has 3 rings (SSSR count). The van der Waals surface area contributed by atoms with Gasteiger partial charge in [-0.15, -0.1) is 0 Å². The highest BCUT2D eigenvalue weighted by molar-refractivity contribution is 7.99. The van der Waals surface area contributed by atoms with E-state index in [1.807, 2.05) is 0 Å². The zero-order chi connectivity index (χ0) is 12.4. The van der Waals surface area contributed by atoms with Crippen LogP contribution in [0.25, 0.3) is 0 Å². The molecule has 0 aromatic rings. The second-order valence-electron chi connectivity index (χ2n) is 6.41. The molecule has 2 unspecified atom stereocenters. The first kappa shape index (κ1) is 13.3. The SMILES string of the molecule is CC1SCCCC1N(CC1CCNCC1)C1CC1. The molecule has 3 fully saturated rings. The van der Waals surface area contributed by atoms with Crippen molar-refractivity contribution < 1.29 is 0 Å². The first-order chi connectivity index (χ1) is 8.84. The fourth-order valence-electron chi connectivity index (χ4n) is 3.67. The molecule has 104 valence electrons. The molecule has 0 spiro atoms. The number of hydrogen-bond donors (Lipinski definition) is 1. The maximum Gasteiger partial charge on any atom is 0.0215 e. The molecule has 1 aliphatic carbocycles. The summed E-state index contributed by atoms with van der Waals surface area (Å²) in [6.45, 7) is 6.35. The third kappa shape index (κ3) is 3.23. The maximum atomic E-state index is 3.50. The van der Waals surface area contributed by atoms with Gasteiger partial charge in [0.25, 0.3) is 0 Å². The molecule has 2 nitrogen and oxygen atoms in total. The maximum absolute atomic E-state index is 3.50. The third-order valence-electron chi connectivity index (χ3n) is 4.94. The van der Waals surface area contributed by atoms with Crippen molar-refractivity contribution in [3.05, 3.63) is 0 Å². The summed E-state index contributed by atoms with van der Waals surface area (Å²) in [5.41, 5.74) is 0. The summed E-state index contributed by atoms with van der Waals surface area (Å²) < 4.78 is 0. The van der Waals surface area contributed by atoms with E-state index in [0.29, 0.717) is 0 Å². The normalized spacial score (nSPS) is 35.0. The van der Waals surface area contributed by atoms with E-state index in [4.69, 9.17) is 0 Å². The Kier molecular flexibility index (Phi) is 4.53. The van der Waals surface area contributed by atoms with Crippen LogP contribution in [0.3, 0.4) is 0 Å². The Morgan fingerprint density at radius 1 is 1.11 bits per heavy atom. The Balaban J connectivity index is 1.59. The van der Waals surface area contributed by atoms with Crippen molar-refractivity contribution in [2.45, 2.75) is 62.8 Å². The number of nitrogens with zero attached hydrogens (tertiary/aromatic N) is 1. The van der Waals surface area contributed by atoms with Gasteiger partial charge in [-0.25, -0.2) is 0 Å². The van der Waals surface area contributed by atoms with Gasteiger partial charge in [-0.1, -0.05) is 6.92 Å². The first-order valence-corrected chi connectivity index (χ1v) is 8.97. The second-order valence-corrected chi connectivity index (χ2v) is 7.89. The van der Waals surface area contributed by atoms with Crippen molar-refractivity contribution in [1.29, 1.82) is 0 Å². The van der Waals surface area contributed by atoms with E-state index in [1.54, 1.807) is 0 Å². The predicted octanol–water partition coefficient (Wildman–Crippen LogP) is 2.73. The standard InChI is InChI=1S/C15H28N2S/c1-12-15(3-2-10-18-12)17(14-4-5-14)11-13-6-8-16-9-7-13/h12-16H,2-11H2,1H3. The van der Waals surface area contributed by atoms with Crippen LogP contribution in [0.2, 0.25) is 0 Å². The molecule has 2 saturated heterocycles. The molecule has 18 heavy (non-hydrogen) atoms. The van der Waals surface area contributed by atoms with Gasteiger partial charge in [-0.05, 0) is 63.3 Å². The van der Waals surface area contributed by atoms with Gasteiger partial charge in [0, 0.05) is 23.9 Å². The fourth-order valence-corrected chi connectivity index (χ4v) is 4.89. The molecule has 3 aliphatic rings. The quantitative estimate of drug-likeness (QED) is 0.844. The van der Waals surface area contributed by atoms with Crippen LogP contribution < -0.4 is 5.32 Å². The number of nitrogens with one attached hydrogen (secondary N) is 1. The van der Waals surface area contributed by atoms with Crippen molar-refractivity contribution in [3.8, 4) is 0 Å². The Bertz CT molecular complexity index is 261. The Labute approximate surface area is 116 Å². The zero-order valence-corrected chi connectivity index (χ0v) is 12.6. The van der Waals surface area contributed by atoms with Crippen molar-refractivity contribution in [2.24, 2.45) is 5.92 Å². The second kappa shape index (κ2) is 6.15. The zero-order valence-electron chi connectivity index (χ0n) is 11.7. The predicted molar refractivity (Wildman–Crippen MR) is 80.3 cm³/mol. The van der Waals surface area contributed by atoms with E-state index >= 15 is 0 Å². The van der Waals surface area contributed by atoms with Crippen LogP contribution in [0, 0.1) is 5.92 Å². The highest BCUT2D eigenvalue weighted by Gasteiger charge is 2.38. The first-order valence-electron chi connectivity index (χ1n) is 7.92. The van der Waals surface area contributed by atoms with Gasteiger partial charge in [0.05, 0.1) is 0 Å². The number of piperidine rings is 1. The summed E-state index contributed by atoms with van der Waals surface area (Å²) in [4.78, 5) is 2.92. The van der Waals surface area contributed by atoms with Crippen LogP contribution in [0.1, 0.15) is 45.4 Å². The molecule has 3 heteroatoms. The lowest BCUT2D eigenvalue weighted by molar-refractivity contribution is 0.133. The van der Waals surface area contributed by atoms with Gasteiger partial charge in [0.1, 0.15) is 0 Å². The Morgan fingerprint density at radius 2 is 1.89 bits per heavy atom. The molecule has 2 atom stereocenters. The Hall–Kier alpha value is 0.270.